The fourth-order valence-corrected chi connectivity index (χ4v) is 3.29. The number of benzene rings is 3. The maximum Gasteiger partial charge on any atom is 0.251 e. The molecular weight excluding hydrogens is 332 g/mol. The van der Waals surface area contributed by atoms with Crippen LogP contribution < -0.4 is 5.32 Å². The highest BCUT2D eigenvalue weighted by Crippen LogP contribution is 2.25. The number of nitrogens with one attached hydrogen (secondary N) is 1. The van der Waals surface area contributed by atoms with E-state index in [1.54, 1.807) is 0 Å². The summed E-state index contributed by atoms with van der Waals surface area (Å²) in [5.41, 5.74) is 1.70. The van der Waals surface area contributed by atoms with E-state index in [1.165, 1.54) is 0 Å². The van der Waals surface area contributed by atoms with E-state index in [0.717, 1.165) is 16.3 Å². The lowest BCUT2D eigenvalue weighted by Crippen LogP contribution is -2.34. The first-order valence-electron chi connectivity index (χ1n) is 8.24. The van der Waals surface area contributed by atoms with Gasteiger partial charge in [0, 0.05) is 17.1 Å². The molecule has 0 bridgehead atoms. The highest BCUT2D eigenvalue weighted by molar-refractivity contribution is 6.31. The smallest absolute Gasteiger partial charge is 0.251 e. The van der Waals surface area contributed by atoms with Gasteiger partial charge in [0.25, 0.3) is 5.91 Å². The van der Waals surface area contributed by atoms with E-state index in [2.05, 4.69) is 10.2 Å². The lowest BCUT2D eigenvalue weighted by molar-refractivity contribution is 0.0943. The number of hydrogen-bond donors (Lipinski definition) is 1. The van der Waals surface area contributed by atoms with E-state index in [1.807, 2.05) is 80.8 Å². The largest absolute Gasteiger partial charge is 0.350 e. The van der Waals surface area contributed by atoms with Gasteiger partial charge in [0.05, 0.1) is 6.04 Å². The minimum absolute atomic E-state index is 0.00706. The summed E-state index contributed by atoms with van der Waals surface area (Å²) in [6.45, 7) is 0.485. The maximum atomic E-state index is 12.7. The van der Waals surface area contributed by atoms with Gasteiger partial charge in [-0.15, -0.1) is 0 Å². The normalized spacial score (nSPS) is 12.3. The summed E-state index contributed by atoms with van der Waals surface area (Å²) in [6.07, 6.45) is 0. The third-order valence-electron chi connectivity index (χ3n) is 4.38. The van der Waals surface area contributed by atoms with E-state index in [-0.39, 0.29) is 11.9 Å². The number of fused-ring (bicyclic) bond motifs is 1. The fourth-order valence-electron chi connectivity index (χ4n) is 3.02. The number of rotatable bonds is 5. The van der Waals surface area contributed by atoms with Gasteiger partial charge < -0.3 is 10.2 Å². The Morgan fingerprint density at radius 2 is 1.68 bits per heavy atom. The van der Waals surface area contributed by atoms with Crippen LogP contribution >= 0.6 is 11.6 Å². The highest BCUT2D eigenvalue weighted by Gasteiger charge is 2.18. The van der Waals surface area contributed by atoms with Gasteiger partial charge >= 0.3 is 0 Å². The van der Waals surface area contributed by atoms with Crippen molar-refractivity contribution in [3.05, 3.63) is 82.9 Å². The molecule has 0 aromatic heterocycles. The van der Waals surface area contributed by atoms with Crippen LogP contribution in [-0.2, 0) is 0 Å². The Labute approximate surface area is 153 Å². The first kappa shape index (κ1) is 17.5. The van der Waals surface area contributed by atoms with E-state index < -0.39 is 0 Å². The maximum absolute atomic E-state index is 12.7. The predicted molar refractivity (Wildman–Crippen MR) is 104 cm³/mol. The van der Waals surface area contributed by atoms with Crippen LogP contribution in [-0.4, -0.2) is 31.4 Å². The Kier molecular flexibility index (Phi) is 5.37. The zero-order valence-corrected chi connectivity index (χ0v) is 15.1. The number of nitrogens with zero attached hydrogens (tertiary/aromatic N) is 1. The Balaban J connectivity index is 1.81. The van der Waals surface area contributed by atoms with Crippen LogP contribution in [0.2, 0.25) is 5.02 Å². The Morgan fingerprint density at radius 1 is 1.00 bits per heavy atom. The molecule has 25 heavy (non-hydrogen) atoms. The summed E-state index contributed by atoms with van der Waals surface area (Å²) in [7, 11) is 3.97. The fraction of sp³-hybridized carbons (Fsp3) is 0.190. The number of carbonyl (C=O) groups is 1. The lowest BCUT2D eigenvalue weighted by Gasteiger charge is -2.26. The second-order valence-electron chi connectivity index (χ2n) is 6.24. The van der Waals surface area contributed by atoms with Crippen molar-refractivity contribution < 1.29 is 4.79 Å². The first-order chi connectivity index (χ1) is 12.1. The summed E-state index contributed by atoms with van der Waals surface area (Å²) in [5, 5.41) is 5.79. The van der Waals surface area contributed by atoms with E-state index in [4.69, 9.17) is 11.6 Å². The van der Waals surface area contributed by atoms with Crippen molar-refractivity contribution >= 4 is 28.3 Å². The van der Waals surface area contributed by atoms with E-state index in [0.29, 0.717) is 17.1 Å². The Morgan fingerprint density at radius 3 is 2.44 bits per heavy atom. The van der Waals surface area contributed by atoms with Crippen molar-refractivity contribution in [3.8, 4) is 0 Å². The van der Waals surface area contributed by atoms with Crippen molar-refractivity contribution in [2.45, 2.75) is 6.04 Å². The van der Waals surface area contributed by atoms with Gasteiger partial charge in [-0.05, 0) is 42.6 Å². The van der Waals surface area contributed by atoms with Gasteiger partial charge in [-0.25, -0.2) is 0 Å². The molecule has 1 N–H and O–H groups in total. The van der Waals surface area contributed by atoms with Gasteiger partial charge in [0.2, 0.25) is 0 Å². The number of carbonyl (C=O) groups excluding carboxylic acids is 1. The summed E-state index contributed by atoms with van der Waals surface area (Å²) >= 11 is 6.33. The van der Waals surface area contributed by atoms with Crippen molar-refractivity contribution in [3.63, 3.8) is 0 Å². The van der Waals surface area contributed by atoms with Crippen molar-refractivity contribution in [2.24, 2.45) is 0 Å². The van der Waals surface area contributed by atoms with Crippen LogP contribution in [0.1, 0.15) is 22.0 Å². The van der Waals surface area contributed by atoms with Gasteiger partial charge in [-0.1, -0.05) is 66.2 Å². The van der Waals surface area contributed by atoms with Crippen LogP contribution in [0.3, 0.4) is 0 Å². The molecule has 0 aliphatic heterocycles. The molecule has 0 heterocycles. The molecule has 3 rings (SSSR count). The Hall–Kier alpha value is -2.36. The van der Waals surface area contributed by atoms with E-state index >= 15 is 0 Å². The molecule has 128 valence electrons. The summed E-state index contributed by atoms with van der Waals surface area (Å²) < 4.78 is 0. The number of hydrogen-bond acceptors (Lipinski definition) is 2. The number of halogens is 1. The average molecular weight is 353 g/mol. The molecule has 0 saturated carbocycles. The van der Waals surface area contributed by atoms with Gasteiger partial charge in [0.1, 0.15) is 0 Å². The average Bonchev–Trinajstić information content (AvgIpc) is 2.62. The topological polar surface area (TPSA) is 32.3 Å². The highest BCUT2D eigenvalue weighted by atomic mass is 35.5. The number of likely N-dealkylation sites (N-methyl/N-ethyl adjacent to an activating group) is 1. The zero-order chi connectivity index (χ0) is 17.8. The molecule has 0 aliphatic carbocycles. The molecule has 1 amide bonds. The van der Waals surface area contributed by atoms with Gasteiger partial charge in [-0.3, -0.25) is 4.79 Å². The molecule has 3 aromatic carbocycles. The third kappa shape index (κ3) is 3.84. The van der Waals surface area contributed by atoms with Crippen molar-refractivity contribution in [1.82, 2.24) is 10.2 Å². The molecule has 4 heteroatoms. The third-order valence-corrected chi connectivity index (χ3v) is 4.72. The second-order valence-corrected chi connectivity index (χ2v) is 6.64. The van der Waals surface area contributed by atoms with Crippen LogP contribution in [0.15, 0.2) is 66.7 Å². The predicted octanol–water partition coefficient (Wildman–Crippen LogP) is 4.53. The van der Waals surface area contributed by atoms with Gasteiger partial charge in [0.15, 0.2) is 0 Å². The molecule has 3 nitrogen and oxygen atoms in total. The second kappa shape index (κ2) is 7.68. The lowest BCUT2D eigenvalue weighted by atomic mass is 10.0. The molecular formula is C21H21ClN2O. The molecule has 0 fully saturated rings. The Bertz CT molecular complexity index is 886. The minimum Gasteiger partial charge on any atom is -0.350 e. The molecule has 0 saturated heterocycles. The minimum atomic E-state index is -0.0734. The number of amides is 1. The zero-order valence-electron chi connectivity index (χ0n) is 14.4. The van der Waals surface area contributed by atoms with Crippen LogP contribution in [0.25, 0.3) is 10.8 Å². The van der Waals surface area contributed by atoms with Gasteiger partial charge in [-0.2, -0.15) is 0 Å². The molecule has 0 spiro atoms. The molecule has 3 aromatic rings. The standard InChI is InChI=1S/C21H21ClN2O/c1-24(2)20(18-11-5-6-13-19(18)22)14-23-21(25)17-12-7-9-15-8-3-4-10-16(15)17/h3-13,20H,14H2,1-2H3,(H,23,25). The van der Waals surface area contributed by atoms with Crippen LogP contribution in [0.5, 0.6) is 0 Å². The summed E-state index contributed by atoms with van der Waals surface area (Å²) in [6, 6.07) is 21.4. The summed E-state index contributed by atoms with van der Waals surface area (Å²) in [5.74, 6) is -0.0734. The molecule has 1 atom stereocenters. The van der Waals surface area contributed by atoms with E-state index in [9.17, 15) is 4.79 Å². The monoisotopic (exact) mass is 352 g/mol. The van der Waals surface area contributed by atoms with Crippen LogP contribution in [0, 0.1) is 0 Å². The molecule has 0 aliphatic rings. The first-order valence-corrected chi connectivity index (χ1v) is 8.62. The van der Waals surface area contributed by atoms with Crippen molar-refractivity contribution in [2.75, 3.05) is 20.6 Å². The molecule has 0 radical (unpaired) electrons. The quantitative estimate of drug-likeness (QED) is 0.731. The van der Waals surface area contributed by atoms with Crippen LogP contribution in [0.4, 0.5) is 0 Å². The SMILES string of the molecule is CN(C)C(CNC(=O)c1cccc2ccccc12)c1ccccc1Cl. The molecule has 1 unspecified atom stereocenters. The van der Waals surface area contributed by atoms with Crippen molar-refractivity contribution in [1.29, 1.82) is 0 Å². The summed E-state index contributed by atoms with van der Waals surface area (Å²) in [4.78, 5) is 14.8.